The number of nitrogens with zero attached hydrogens (tertiary/aromatic N) is 4. The first-order valence-electron chi connectivity index (χ1n) is 23.3. The van der Waals surface area contributed by atoms with Crippen molar-refractivity contribution in [1.82, 2.24) is 29.7 Å². The summed E-state index contributed by atoms with van der Waals surface area (Å²) in [5.74, 6) is 2.10. The fourth-order valence-corrected chi connectivity index (χ4v) is 12.9. The Morgan fingerprint density at radius 1 is 0.620 bits per heavy atom. The fraction of sp³-hybridized carbons (Fsp3) is 0.259. The predicted molar refractivity (Wildman–Crippen MR) is 274 cm³/mol. The van der Waals surface area contributed by atoms with Crippen LogP contribution in [0.25, 0.3) is 22.1 Å². The standard InChI is InChI=1S/C35H39FN4O3Si.C19H21FN4O3/c1-25(34(37)41)38-24-33-39-31-20-19-28(43-27-17-15-26(36)16-18-27)23-32(31)40(33)21-22-42-44(35(2,3)4,29-11-7-5-8-12-29)30-13-9-6-10-14-30;1-12(19(21)26)22-11-18-23-16-7-6-15(10-17(16)24(18)8-9-25)27-14-4-2-13(20)3-5-14/h5-20,23,25,38H,21-22,24H2,1-4H3,(H2,37,41);2-7,10,12,22,25H,8-9,11H2,1H3,(H2,21,26)/t25-;12-/m00/s1. The minimum Gasteiger partial charge on any atom is -0.457 e. The van der Waals surface area contributed by atoms with Crippen molar-refractivity contribution >= 4 is 52.6 Å². The molecule has 8 aromatic rings. The van der Waals surface area contributed by atoms with E-state index in [2.05, 4.69) is 89.5 Å². The lowest BCUT2D eigenvalue weighted by atomic mass is 10.2. The molecule has 0 aliphatic rings. The highest BCUT2D eigenvalue weighted by Crippen LogP contribution is 2.37. The Balaban J connectivity index is 0.000000235. The molecule has 14 nitrogen and oxygen atoms in total. The molecule has 0 bridgehead atoms. The first kappa shape index (κ1) is 51.6. The number of aliphatic hydroxyl groups excluding tert-OH is 1. The van der Waals surface area contributed by atoms with Crippen LogP contribution in [0.3, 0.4) is 0 Å². The number of ether oxygens (including phenoxy) is 2. The molecule has 0 saturated heterocycles. The van der Waals surface area contributed by atoms with E-state index < -0.39 is 32.2 Å². The van der Waals surface area contributed by atoms with Crippen LogP contribution in [-0.2, 0) is 40.2 Å². The van der Waals surface area contributed by atoms with E-state index in [9.17, 15) is 23.5 Å². The Kier molecular flexibility index (Phi) is 16.8. The number of nitrogens with one attached hydrogen (secondary N) is 2. The summed E-state index contributed by atoms with van der Waals surface area (Å²) in [4.78, 5) is 32.4. The number of nitrogens with two attached hydrogens (primary N) is 2. The molecule has 2 heterocycles. The van der Waals surface area contributed by atoms with Crippen molar-refractivity contribution in [1.29, 1.82) is 0 Å². The summed E-state index contributed by atoms with van der Waals surface area (Å²) in [5, 5.41) is 17.9. The molecule has 0 fully saturated rings. The monoisotopic (exact) mass is 982 g/mol. The number of rotatable bonds is 20. The van der Waals surface area contributed by atoms with Gasteiger partial charge in [0.05, 0.1) is 60.5 Å². The predicted octanol–water partition coefficient (Wildman–Crippen LogP) is 7.43. The summed E-state index contributed by atoms with van der Waals surface area (Å²) in [6, 6.07) is 42.8. The number of carbonyl (C=O) groups is 2. The van der Waals surface area contributed by atoms with Gasteiger partial charge in [-0.05, 0) is 102 Å². The lowest BCUT2D eigenvalue weighted by Gasteiger charge is -2.43. The number of imidazole rings is 2. The lowest BCUT2D eigenvalue weighted by molar-refractivity contribution is -0.120. The van der Waals surface area contributed by atoms with E-state index in [1.807, 2.05) is 47.0 Å². The SMILES string of the molecule is C[C@H](NCc1nc2ccc(Oc3ccc(F)cc3)cc2n1CCO)C(N)=O.C[C@H](NCc1nc2ccc(Oc3ccc(F)cc3)cc2n1CCO[Si](c1ccccc1)(c1ccccc1)C(C)(C)C)C(N)=O. The smallest absolute Gasteiger partial charge is 0.261 e. The van der Waals surface area contributed by atoms with Gasteiger partial charge in [0.1, 0.15) is 46.3 Å². The molecule has 0 radical (unpaired) electrons. The Hall–Kier alpha value is -7.28. The topological polar surface area (TPSA) is 194 Å². The van der Waals surface area contributed by atoms with Crippen LogP contribution in [0.2, 0.25) is 5.04 Å². The minimum atomic E-state index is -2.75. The molecule has 2 atom stereocenters. The molecule has 2 amide bonds. The average molecular weight is 983 g/mol. The highest BCUT2D eigenvalue weighted by Gasteiger charge is 2.50. The van der Waals surface area contributed by atoms with Gasteiger partial charge in [-0.2, -0.15) is 0 Å². The maximum Gasteiger partial charge on any atom is 0.261 e. The molecule has 0 spiro atoms. The van der Waals surface area contributed by atoms with Crippen molar-refractivity contribution in [3.63, 3.8) is 0 Å². The Morgan fingerprint density at radius 3 is 1.39 bits per heavy atom. The fourth-order valence-electron chi connectivity index (χ4n) is 8.32. The number of amides is 2. The summed E-state index contributed by atoms with van der Waals surface area (Å²) >= 11 is 0. The molecule has 71 heavy (non-hydrogen) atoms. The normalized spacial score (nSPS) is 12.6. The summed E-state index contributed by atoms with van der Waals surface area (Å²) in [6.07, 6.45) is 0. The second-order valence-corrected chi connectivity index (χ2v) is 22.3. The number of hydrogen-bond donors (Lipinski definition) is 5. The number of fused-ring (bicyclic) bond motifs is 2. The number of aromatic nitrogens is 4. The van der Waals surface area contributed by atoms with Crippen LogP contribution in [0.1, 0.15) is 46.3 Å². The summed E-state index contributed by atoms with van der Waals surface area (Å²) in [7, 11) is -2.75. The van der Waals surface area contributed by atoms with Gasteiger partial charge in [0.2, 0.25) is 11.8 Å². The maximum absolute atomic E-state index is 13.5. The molecule has 0 unspecified atom stereocenters. The van der Waals surface area contributed by atoms with Gasteiger partial charge in [0.25, 0.3) is 8.32 Å². The lowest BCUT2D eigenvalue weighted by Crippen LogP contribution is -2.66. The van der Waals surface area contributed by atoms with Crippen molar-refractivity contribution in [2.75, 3.05) is 13.2 Å². The van der Waals surface area contributed by atoms with Gasteiger partial charge < -0.3 is 39.6 Å². The molecule has 6 aromatic carbocycles. The summed E-state index contributed by atoms with van der Waals surface area (Å²) in [5.41, 5.74) is 13.9. The van der Waals surface area contributed by atoms with Gasteiger partial charge in [0.15, 0.2) is 0 Å². The molecule has 8 rings (SSSR count). The van der Waals surface area contributed by atoms with E-state index in [1.165, 1.54) is 34.6 Å². The first-order valence-corrected chi connectivity index (χ1v) is 25.2. The molecular formula is C54H60F2N8O6Si. The zero-order valence-electron chi connectivity index (χ0n) is 40.4. The average Bonchev–Trinajstić information content (AvgIpc) is 3.89. The van der Waals surface area contributed by atoms with Crippen LogP contribution >= 0.6 is 0 Å². The van der Waals surface area contributed by atoms with E-state index in [0.717, 1.165) is 27.9 Å². The van der Waals surface area contributed by atoms with E-state index in [1.54, 1.807) is 44.2 Å². The summed E-state index contributed by atoms with van der Waals surface area (Å²) in [6.45, 7) is 12.1. The molecule has 2 aromatic heterocycles. The van der Waals surface area contributed by atoms with Gasteiger partial charge in [-0.25, -0.2) is 18.7 Å². The van der Waals surface area contributed by atoms with E-state index in [-0.39, 0.29) is 23.3 Å². The van der Waals surface area contributed by atoms with E-state index in [0.29, 0.717) is 61.6 Å². The number of benzene rings is 6. The molecular weight excluding hydrogens is 923 g/mol. The summed E-state index contributed by atoms with van der Waals surface area (Å²) < 4.78 is 49.4. The van der Waals surface area contributed by atoms with Gasteiger partial charge in [-0.1, -0.05) is 81.4 Å². The van der Waals surface area contributed by atoms with Crippen LogP contribution in [0.15, 0.2) is 146 Å². The van der Waals surface area contributed by atoms with Crippen molar-refractivity contribution in [2.45, 2.75) is 77.9 Å². The van der Waals surface area contributed by atoms with Crippen LogP contribution in [0.5, 0.6) is 23.0 Å². The largest absolute Gasteiger partial charge is 0.457 e. The zero-order valence-corrected chi connectivity index (χ0v) is 41.4. The van der Waals surface area contributed by atoms with E-state index in [4.69, 9.17) is 30.4 Å². The second kappa shape index (κ2) is 23.1. The van der Waals surface area contributed by atoms with Gasteiger partial charge in [0, 0.05) is 25.2 Å². The second-order valence-electron chi connectivity index (χ2n) is 18.0. The van der Waals surface area contributed by atoms with Crippen molar-refractivity contribution in [3.8, 4) is 23.0 Å². The third kappa shape index (κ3) is 12.6. The first-order chi connectivity index (χ1) is 34.1. The molecule has 0 aliphatic heterocycles. The van der Waals surface area contributed by atoms with Gasteiger partial charge >= 0.3 is 0 Å². The molecule has 17 heteroatoms. The third-order valence-electron chi connectivity index (χ3n) is 12.1. The Bertz CT molecular complexity index is 3000. The van der Waals surface area contributed by atoms with Crippen LogP contribution in [0, 0.1) is 11.6 Å². The van der Waals surface area contributed by atoms with Gasteiger partial charge in [-0.15, -0.1) is 0 Å². The highest BCUT2D eigenvalue weighted by atomic mass is 28.4. The van der Waals surface area contributed by atoms with Crippen molar-refractivity contribution in [3.05, 3.63) is 169 Å². The Morgan fingerprint density at radius 2 is 1.01 bits per heavy atom. The number of aliphatic hydroxyl groups is 1. The maximum atomic E-state index is 13.5. The number of primary amides is 2. The Labute approximate surface area is 412 Å². The van der Waals surface area contributed by atoms with Crippen molar-refractivity contribution < 1.29 is 37.4 Å². The molecule has 0 saturated carbocycles. The van der Waals surface area contributed by atoms with Crippen LogP contribution < -0.4 is 41.9 Å². The minimum absolute atomic E-state index is 0.0626. The zero-order chi connectivity index (χ0) is 50.7. The van der Waals surface area contributed by atoms with Crippen LogP contribution in [0.4, 0.5) is 8.78 Å². The molecule has 370 valence electrons. The van der Waals surface area contributed by atoms with Crippen molar-refractivity contribution in [2.24, 2.45) is 11.5 Å². The molecule has 7 N–H and O–H groups in total. The number of carbonyl (C=O) groups excluding carboxylic acids is 2. The van der Waals surface area contributed by atoms with Crippen LogP contribution in [-0.4, -0.2) is 69.6 Å². The molecule has 0 aliphatic carbocycles. The third-order valence-corrected chi connectivity index (χ3v) is 17.1. The number of hydrogen-bond acceptors (Lipinski definition) is 10. The van der Waals surface area contributed by atoms with Gasteiger partial charge in [-0.3, -0.25) is 20.2 Å². The number of halogens is 2. The highest BCUT2D eigenvalue weighted by molar-refractivity contribution is 6.99. The van der Waals surface area contributed by atoms with E-state index >= 15 is 0 Å². The quantitative estimate of drug-likeness (QED) is 0.0480.